The first-order valence-corrected chi connectivity index (χ1v) is 6.17. The van der Waals surface area contributed by atoms with E-state index in [0.29, 0.717) is 16.7 Å². The predicted octanol–water partition coefficient (Wildman–Crippen LogP) is 3.07. The Morgan fingerprint density at radius 1 is 1.32 bits per heavy atom. The monoisotopic (exact) mass is 323 g/mol. The van der Waals surface area contributed by atoms with Gasteiger partial charge in [0, 0.05) is 12.7 Å². The van der Waals surface area contributed by atoms with Crippen molar-refractivity contribution in [1.29, 1.82) is 0 Å². The van der Waals surface area contributed by atoms with Gasteiger partial charge in [-0.3, -0.25) is 15.1 Å². The van der Waals surface area contributed by atoms with Crippen LogP contribution in [-0.2, 0) is 6.54 Å². The van der Waals surface area contributed by atoms with Crippen molar-refractivity contribution in [3.05, 3.63) is 56.8 Å². The van der Waals surface area contributed by atoms with Crippen LogP contribution in [0.4, 0.5) is 11.4 Å². The van der Waals surface area contributed by atoms with Gasteiger partial charge in [0.25, 0.3) is 0 Å². The van der Waals surface area contributed by atoms with Gasteiger partial charge in [0.1, 0.15) is 17.6 Å². The minimum Gasteiger partial charge on any atom is -0.508 e. The highest BCUT2D eigenvalue weighted by Crippen LogP contribution is 2.31. The molecule has 0 aliphatic heterocycles. The van der Waals surface area contributed by atoms with Crippen LogP contribution in [0.15, 0.2) is 41.1 Å². The van der Waals surface area contributed by atoms with Crippen molar-refractivity contribution >= 4 is 27.3 Å². The van der Waals surface area contributed by atoms with E-state index in [0.717, 1.165) is 5.56 Å². The van der Waals surface area contributed by atoms with Crippen LogP contribution >= 0.6 is 15.9 Å². The number of pyridine rings is 1. The lowest BCUT2D eigenvalue weighted by Crippen LogP contribution is -2.03. The first-order chi connectivity index (χ1) is 9.08. The van der Waals surface area contributed by atoms with Crippen molar-refractivity contribution < 1.29 is 10.0 Å². The van der Waals surface area contributed by atoms with Crippen LogP contribution in [0.2, 0.25) is 0 Å². The summed E-state index contributed by atoms with van der Waals surface area (Å²) >= 11 is 3.23. The summed E-state index contributed by atoms with van der Waals surface area (Å²) in [5, 5.41) is 23.1. The molecule has 0 aliphatic rings. The van der Waals surface area contributed by atoms with Crippen LogP contribution in [0.1, 0.15) is 5.56 Å². The zero-order valence-corrected chi connectivity index (χ0v) is 11.3. The summed E-state index contributed by atoms with van der Waals surface area (Å²) in [4.78, 5) is 14.2. The number of nitrogens with one attached hydrogen (secondary N) is 1. The summed E-state index contributed by atoms with van der Waals surface area (Å²) in [7, 11) is 0. The normalized spacial score (nSPS) is 10.2. The topological polar surface area (TPSA) is 88.3 Å². The molecule has 1 aromatic heterocycles. The van der Waals surface area contributed by atoms with E-state index in [1.54, 1.807) is 24.3 Å². The summed E-state index contributed by atoms with van der Waals surface area (Å²) in [5.41, 5.74) is 1.19. The number of benzene rings is 1. The maximum Gasteiger partial charge on any atom is 0.311 e. The largest absolute Gasteiger partial charge is 0.508 e. The van der Waals surface area contributed by atoms with Crippen LogP contribution < -0.4 is 5.32 Å². The van der Waals surface area contributed by atoms with E-state index in [-0.39, 0.29) is 11.4 Å². The number of hydrogen-bond donors (Lipinski definition) is 2. The Hall–Kier alpha value is -2.15. The summed E-state index contributed by atoms with van der Waals surface area (Å²) in [6, 6.07) is 6.60. The lowest BCUT2D eigenvalue weighted by atomic mass is 10.2. The molecule has 7 heteroatoms. The third kappa shape index (κ3) is 3.19. The maximum atomic E-state index is 10.9. The molecule has 0 aliphatic carbocycles. The number of nitrogens with zero attached hydrogens (tertiary/aromatic N) is 2. The third-order valence-electron chi connectivity index (χ3n) is 2.48. The second-order valence-electron chi connectivity index (χ2n) is 3.79. The molecule has 2 rings (SSSR count). The Balaban J connectivity index is 2.19. The molecule has 6 nitrogen and oxygen atoms in total. The van der Waals surface area contributed by atoms with Gasteiger partial charge in [0.15, 0.2) is 0 Å². The van der Waals surface area contributed by atoms with Gasteiger partial charge in [-0.2, -0.15) is 0 Å². The molecule has 0 bridgehead atoms. The predicted molar refractivity (Wildman–Crippen MR) is 74.0 cm³/mol. The first-order valence-electron chi connectivity index (χ1n) is 5.37. The molecule has 19 heavy (non-hydrogen) atoms. The van der Waals surface area contributed by atoms with Gasteiger partial charge in [-0.1, -0.05) is 12.1 Å². The summed E-state index contributed by atoms with van der Waals surface area (Å²) < 4.78 is 0.528. The maximum absolute atomic E-state index is 10.9. The van der Waals surface area contributed by atoms with Crippen molar-refractivity contribution in [3.63, 3.8) is 0 Å². The zero-order valence-electron chi connectivity index (χ0n) is 9.71. The fourth-order valence-corrected chi connectivity index (χ4v) is 2.00. The Morgan fingerprint density at radius 3 is 2.63 bits per heavy atom. The second kappa shape index (κ2) is 5.66. The smallest absolute Gasteiger partial charge is 0.311 e. The number of phenols is 1. The van der Waals surface area contributed by atoms with E-state index in [4.69, 9.17) is 0 Å². The average Bonchev–Trinajstić information content (AvgIpc) is 2.39. The van der Waals surface area contributed by atoms with Crippen molar-refractivity contribution in [2.24, 2.45) is 0 Å². The van der Waals surface area contributed by atoms with Crippen LogP contribution in [0.5, 0.6) is 5.75 Å². The molecule has 2 aromatic rings. The van der Waals surface area contributed by atoms with Gasteiger partial charge in [-0.05, 0) is 33.6 Å². The number of halogens is 1. The Labute approximate surface area is 117 Å². The number of phenolic OH excluding ortho intramolecular Hbond substituents is 1. The molecule has 0 atom stereocenters. The van der Waals surface area contributed by atoms with E-state index < -0.39 is 4.92 Å². The Kier molecular flexibility index (Phi) is 3.96. The lowest BCUT2D eigenvalue weighted by Gasteiger charge is -2.08. The summed E-state index contributed by atoms with van der Waals surface area (Å²) in [6.45, 7) is 0.406. The lowest BCUT2D eigenvalue weighted by molar-refractivity contribution is -0.384. The van der Waals surface area contributed by atoms with Crippen molar-refractivity contribution in [1.82, 2.24) is 4.98 Å². The number of nitro groups is 1. The molecular weight excluding hydrogens is 314 g/mol. The van der Waals surface area contributed by atoms with E-state index in [2.05, 4.69) is 26.2 Å². The number of aromatic nitrogens is 1. The van der Waals surface area contributed by atoms with Gasteiger partial charge in [-0.15, -0.1) is 0 Å². The Morgan fingerprint density at radius 2 is 2.00 bits per heavy atom. The zero-order chi connectivity index (χ0) is 13.8. The minimum atomic E-state index is -0.489. The molecule has 0 saturated heterocycles. The van der Waals surface area contributed by atoms with Gasteiger partial charge in [0.05, 0.1) is 9.40 Å². The van der Waals surface area contributed by atoms with E-state index >= 15 is 0 Å². The quantitative estimate of drug-likeness (QED) is 0.666. The number of anilines is 1. The van der Waals surface area contributed by atoms with Crippen LogP contribution in [-0.4, -0.2) is 15.0 Å². The molecule has 0 saturated carbocycles. The fraction of sp³-hybridized carbons (Fsp3) is 0.0833. The van der Waals surface area contributed by atoms with Gasteiger partial charge in [-0.25, -0.2) is 0 Å². The van der Waals surface area contributed by atoms with Crippen molar-refractivity contribution in [2.45, 2.75) is 6.54 Å². The molecule has 98 valence electrons. The first kappa shape index (κ1) is 13.3. The second-order valence-corrected chi connectivity index (χ2v) is 4.65. The van der Waals surface area contributed by atoms with Crippen LogP contribution in [0.25, 0.3) is 0 Å². The molecular formula is C12H10BrN3O3. The fourth-order valence-electron chi connectivity index (χ4n) is 1.54. The van der Waals surface area contributed by atoms with Gasteiger partial charge < -0.3 is 10.4 Å². The molecule has 0 spiro atoms. The van der Waals surface area contributed by atoms with E-state index in [9.17, 15) is 15.2 Å². The molecule has 0 unspecified atom stereocenters. The number of hydrogen-bond acceptors (Lipinski definition) is 5. The van der Waals surface area contributed by atoms with Crippen molar-refractivity contribution in [3.8, 4) is 5.75 Å². The SMILES string of the molecule is O=[N+]([O-])c1cncc(Br)c1NCc1ccc(O)cc1. The van der Waals surface area contributed by atoms with Crippen molar-refractivity contribution in [2.75, 3.05) is 5.32 Å². The highest BCUT2D eigenvalue weighted by atomic mass is 79.9. The molecule has 1 heterocycles. The van der Waals surface area contributed by atoms with E-state index in [1.807, 2.05) is 0 Å². The molecule has 0 amide bonds. The molecule has 1 aromatic carbocycles. The molecule has 2 N–H and O–H groups in total. The highest BCUT2D eigenvalue weighted by Gasteiger charge is 2.16. The summed E-state index contributed by atoms with van der Waals surface area (Å²) in [6.07, 6.45) is 2.69. The molecule has 0 fully saturated rings. The van der Waals surface area contributed by atoms with Crippen LogP contribution in [0.3, 0.4) is 0 Å². The number of rotatable bonds is 4. The highest BCUT2D eigenvalue weighted by molar-refractivity contribution is 9.10. The summed E-state index contributed by atoms with van der Waals surface area (Å²) in [5.74, 6) is 0.180. The van der Waals surface area contributed by atoms with Crippen LogP contribution in [0, 0.1) is 10.1 Å². The number of aromatic hydroxyl groups is 1. The van der Waals surface area contributed by atoms with E-state index in [1.165, 1.54) is 12.4 Å². The Bertz CT molecular complexity index is 602. The average molecular weight is 324 g/mol. The third-order valence-corrected chi connectivity index (χ3v) is 3.08. The standard InChI is InChI=1S/C12H10BrN3O3/c13-10-6-14-7-11(16(18)19)12(10)15-5-8-1-3-9(17)4-2-8/h1-4,6-7,17H,5H2,(H,14,15). The van der Waals surface area contributed by atoms with Gasteiger partial charge in [0.2, 0.25) is 0 Å². The van der Waals surface area contributed by atoms with Gasteiger partial charge >= 0.3 is 5.69 Å². The minimum absolute atomic E-state index is 0.0897. The molecule has 0 radical (unpaired) electrons.